The van der Waals surface area contributed by atoms with Crippen LogP contribution >= 0.6 is 11.6 Å². The van der Waals surface area contributed by atoms with Crippen molar-refractivity contribution < 1.29 is 4.74 Å². The number of hydrogen-bond acceptors (Lipinski definition) is 3. The fourth-order valence-corrected chi connectivity index (χ4v) is 2.68. The molecule has 0 aliphatic heterocycles. The molecule has 0 radical (unpaired) electrons. The van der Waals surface area contributed by atoms with Crippen LogP contribution in [0, 0.1) is 0 Å². The summed E-state index contributed by atoms with van der Waals surface area (Å²) in [5.74, 6) is 1.27. The van der Waals surface area contributed by atoms with E-state index in [4.69, 9.17) is 16.3 Å². The van der Waals surface area contributed by atoms with Crippen LogP contribution < -0.4 is 0 Å². The van der Waals surface area contributed by atoms with Crippen molar-refractivity contribution in [1.29, 1.82) is 0 Å². The lowest BCUT2D eigenvalue weighted by Gasteiger charge is -2.22. The van der Waals surface area contributed by atoms with Crippen LogP contribution in [-0.4, -0.2) is 27.5 Å². The molecule has 0 saturated heterocycles. The number of halogens is 1. The van der Waals surface area contributed by atoms with Crippen LogP contribution in [0.15, 0.2) is 0 Å². The Kier molecular flexibility index (Phi) is 5.01. The standard InChI is InChI=1S/C13H22ClN3O/c1-10(2)12-15-16-13(14)17(12)8-9-18-11-6-4-3-5-7-11/h10-11H,3-9H2,1-2H3. The molecule has 4 nitrogen and oxygen atoms in total. The number of ether oxygens (including phenoxy) is 1. The molecule has 1 aliphatic rings. The highest BCUT2D eigenvalue weighted by atomic mass is 35.5. The SMILES string of the molecule is CC(C)c1nnc(Cl)n1CCOC1CCCCC1. The van der Waals surface area contributed by atoms with Gasteiger partial charge in [0.25, 0.3) is 0 Å². The van der Waals surface area contributed by atoms with Crippen LogP contribution in [0.3, 0.4) is 0 Å². The summed E-state index contributed by atoms with van der Waals surface area (Å²) < 4.78 is 7.86. The molecule has 0 atom stereocenters. The Morgan fingerprint density at radius 2 is 2.00 bits per heavy atom. The molecule has 1 aliphatic carbocycles. The van der Waals surface area contributed by atoms with E-state index in [1.165, 1.54) is 32.1 Å². The zero-order valence-corrected chi connectivity index (χ0v) is 12.0. The number of hydrogen-bond donors (Lipinski definition) is 0. The highest BCUT2D eigenvalue weighted by Crippen LogP contribution is 2.21. The smallest absolute Gasteiger partial charge is 0.225 e. The van der Waals surface area contributed by atoms with E-state index in [1.807, 2.05) is 4.57 Å². The molecule has 18 heavy (non-hydrogen) atoms. The highest BCUT2D eigenvalue weighted by Gasteiger charge is 2.16. The first-order valence-corrected chi connectivity index (χ1v) is 7.26. The van der Waals surface area contributed by atoms with Crippen molar-refractivity contribution in [2.24, 2.45) is 0 Å². The van der Waals surface area contributed by atoms with Crippen molar-refractivity contribution in [3.8, 4) is 0 Å². The lowest BCUT2D eigenvalue weighted by molar-refractivity contribution is 0.0237. The predicted molar refractivity (Wildman–Crippen MR) is 71.9 cm³/mol. The van der Waals surface area contributed by atoms with Gasteiger partial charge in [-0.05, 0) is 24.4 Å². The van der Waals surface area contributed by atoms with E-state index >= 15 is 0 Å². The molecule has 1 saturated carbocycles. The van der Waals surface area contributed by atoms with Gasteiger partial charge in [0.15, 0.2) is 0 Å². The van der Waals surface area contributed by atoms with Gasteiger partial charge in [0.05, 0.1) is 19.3 Å². The minimum absolute atomic E-state index is 0.333. The van der Waals surface area contributed by atoms with Crippen molar-refractivity contribution in [3.63, 3.8) is 0 Å². The molecule has 5 heteroatoms. The minimum atomic E-state index is 0.333. The molecule has 0 N–H and O–H groups in total. The average Bonchev–Trinajstić information content (AvgIpc) is 2.73. The summed E-state index contributed by atoms with van der Waals surface area (Å²) in [5.41, 5.74) is 0. The Morgan fingerprint density at radius 3 is 2.67 bits per heavy atom. The van der Waals surface area contributed by atoms with Crippen molar-refractivity contribution >= 4 is 11.6 Å². The first kappa shape index (κ1) is 13.8. The fourth-order valence-electron chi connectivity index (χ4n) is 2.47. The third-order valence-electron chi connectivity index (χ3n) is 3.47. The van der Waals surface area contributed by atoms with E-state index in [2.05, 4.69) is 24.0 Å². The topological polar surface area (TPSA) is 39.9 Å². The van der Waals surface area contributed by atoms with Gasteiger partial charge in [0, 0.05) is 5.92 Å². The molecule has 1 aromatic rings. The van der Waals surface area contributed by atoms with Gasteiger partial charge in [-0.15, -0.1) is 10.2 Å². The van der Waals surface area contributed by atoms with E-state index in [0.29, 0.717) is 23.9 Å². The van der Waals surface area contributed by atoms with Gasteiger partial charge in [-0.1, -0.05) is 33.1 Å². The zero-order valence-electron chi connectivity index (χ0n) is 11.2. The normalized spacial score (nSPS) is 17.6. The lowest BCUT2D eigenvalue weighted by atomic mass is 9.98. The molecule has 0 bridgehead atoms. The van der Waals surface area contributed by atoms with Crippen molar-refractivity contribution in [2.75, 3.05) is 6.61 Å². The summed E-state index contributed by atoms with van der Waals surface area (Å²) in [4.78, 5) is 0. The molecule has 1 aromatic heterocycles. The summed E-state index contributed by atoms with van der Waals surface area (Å²) in [6.07, 6.45) is 6.80. The van der Waals surface area contributed by atoms with Gasteiger partial charge in [0.1, 0.15) is 5.82 Å². The minimum Gasteiger partial charge on any atom is -0.376 e. The highest BCUT2D eigenvalue weighted by molar-refractivity contribution is 6.28. The van der Waals surface area contributed by atoms with Crippen molar-refractivity contribution in [3.05, 3.63) is 11.1 Å². The molecule has 102 valence electrons. The quantitative estimate of drug-likeness (QED) is 0.824. The Hall–Kier alpha value is -0.610. The van der Waals surface area contributed by atoms with Crippen molar-refractivity contribution in [1.82, 2.24) is 14.8 Å². The Bertz CT molecular complexity index is 372. The monoisotopic (exact) mass is 271 g/mol. The second-order valence-electron chi connectivity index (χ2n) is 5.26. The van der Waals surface area contributed by atoms with Crippen LogP contribution in [0.5, 0.6) is 0 Å². The Labute approximate surface area is 114 Å². The van der Waals surface area contributed by atoms with E-state index in [0.717, 1.165) is 12.4 Å². The van der Waals surface area contributed by atoms with E-state index in [1.54, 1.807) is 0 Å². The molecular weight excluding hydrogens is 250 g/mol. The summed E-state index contributed by atoms with van der Waals surface area (Å²) in [6, 6.07) is 0. The first-order chi connectivity index (χ1) is 8.68. The summed E-state index contributed by atoms with van der Waals surface area (Å²) in [7, 11) is 0. The van der Waals surface area contributed by atoms with Gasteiger partial charge >= 0.3 is 0 Å². The Balaban J connectivity index is 1.84. The first-order valence-electron chi connectivity index (χ1n) is 6.88. The third-order valence-corrected chi connectivity index (χ3v) is 3.75. The third kappa shape index (κ3) is 3.45. The molecule has 0 aromatic carbocycles. The molecule has 2 rings (SSSR count). The van der Waals surface area contributed by atoms with Gasteiger partial charge in [-0.25, -0.2) is 0 Å². The van der Waals surface area contributed by atoms with Gasteiger partial charge in [-0.2, -0.15) is 0 Å². The predicted octanol–water partition coefficient (Wildman–Crippen LogP) is 3.40. The van der Waals surface area contributed by atoms with E-state index in [9.17, 15) is 0 Å². The zero-order chi connectivity index (χ0) is 13.0. The molecule has 0 amide bonds. The second kappa shape index (κ2) is 6.53. The molecular formula is C13H22ClN3O. The summed E-state index contributed by atoms with van der Waals surface area (Å²) in [5, 5.41) is 8.50. The van der Waals surface area contributed by atoms with Crippen LogP contribution in [0.1, 0.15) is 57.7 Å². The number of nitrogens with zero attached hydrogens (tertiary/aromatic N) is 3. The van der Waals surface area contributed by atoms with Gasteiger partial charge in [-0.3, -0.25) is 4.57 Å². The lowest BCUT2D eigenvalue weighted by Crippen LogP contribution is -2.20. The Morgan fingerprint density at radius 1 is 1.28 bits per heavy atom. The maximum Gasteiger partial charge on any atom is 0.225 e. The van der Waals surface area contributed by atoms with Crippen LogP contribution in [0.2, 0.25) is 5.28 Å². The summed E-state index contributed by atoms with van der Waals surface area (Å²) in [6.45, 7) is 5.63. The summed E-state index contributed by atoms with van der Waals surface area (Å²) >= 11 is 6.04. The largest absolute Gasteiger partial charge is 0.376 e. The van der Waals surface area contributed by atoms with Crippen molar-refractivity contribution in [2.45, 2.75) is 64.5 Å². The van der Waals surface area contributed by atoms with Crippen LogP contribution in [0.25, 0.3) is 0 Å². The molecule has 1 fully saturated rings. The maximum absolute atomic E-state index is 6.04. The van der Waals surface area contributed by atoms with Crippen LogP contribution in [0.4, 0.5) is 0 Å². The number of aromatic nitrogens is 3. The second-order valence-corrected chi connectivity index (χ2v) is 5.60. The van der Waals surface area contributed by atoms with Gasteiger partial charge < -0.3 is 4.74 Å². The van der Waals surface area contributed by atoms with E-state index in [-0.39, 0.29) is 0 Å². The molecule has 0 unspecified atom stereocenters. The molecule has 0 spiro atoms. The maximum atomic E-state index is 6.04. The average molecular weight is 272 g/mol. The van der Waals surface area contributed by atoms with Gasteiger partial charge in [0.2, 0.25) is 5.28 Å². The number of rotatable bonds is 5. The van der Waals surface area contributed by atoms with E-state index < -0.39 is 0 Å². The molecule has 1 heterocycles. The van der Waals surface area contributed by atoms with Crippen LogP contribution in [-0.2, 0) is 11.3 Å². The fraction of sp³-hybridized carbons (Fsp3) is 0.846.